The minimum atomic E-state index is -0.977. The molecule has 0 aromatic carbocycles. The minimum absolute atomic E-state index is 0.253. The molecule has 0 saturated heterocycles. The molecule has 5 nitrogen and oxygen atoms in total. The van der Waals surface area contributed by atoms with Crippen LogP contribution in [0.3, 0.4) is 0 Å². The summed E-state index contributed by atoms with van der Waals surface area (Å²) in [4.78, 5) is 17.2. The second-order valence-electron chi connectivity index (χ2n) is 3.65. The number of hydrogen-bond donors (Lipinski definition) is 2. The molecule has 0 saturated carbocycles. The third kappa shape index (κ3) is 1.42. The smallest absolute Gasteiger partial charge is 0.389 e. The molecule has 2 aromatic heterocycles. The van der Waals surface area contributed by atoms with Gasteiger partial charge in [-0.25, -0.2) is 9.78 Å². The molecule has 0 bridgehead atoms. The summed E-state index contributed by atoms with van der Waals surface area (Å²) in [5.74, 6) is -0.541. The van der Waals surface area contributed by atoms with Crippen molar-refractivity contribution in [2.75, 3.05) is 0 Å². The maximum absolute atomic E-state index is 10.8. The molecule has 2 heterocycles. The molecule has 0 radical (unpaired) electrons. The van der Waals surface area contributed by atoms with Gasteiger partial charge in [-0.05, 0) is 19.9 Å². The Hall–Kier alpha value is -1.62. The Kier molecular flexibility index (Phi) is 1.72. The van der Waals surface area contributed by atoms with Crippen molar-refractivity contribution in [1.82, 2.24) is 9.97 Å². The van der Waals surface area contributed by atoms with Gasteiger partial charge < -0.3 is 9.52 Å². The van der Waals surface area contributed by atoms with Crippen molar-refractivity contribution in [3.8, 4) is 0 Å². The quantitative estimate of drug-likeness (QED) is 0.701. The summed E-state index contributed by atoms with van der Waals surface area (Å²) >= 11 is 0. The van der Waals surface area contributed by atoms with Gasteiger partial charge in [-0.15, -0.1) is 0 Å². The molecule has 0 atom stereocenters. The molecular formula is C9H10N2O3. The van der Waals surface area contributed by atoms with Gasteiger partial charge in [0, 0.05) is 11.8 Å². The zero-order valence-corrected chi connectivity index (χ0v) is 7.87. The lowest BCUT2D eigenvalue weighted by Gasteiger charge is -2.16. The molecule has 14 heavy (non-hydrogen) atoms. The number of nitrogens with zero attached hydrogens (tertiary/aromatic N) is 1. The molecule has 0 amide bonds. The molecule has 2 aromatic rings. The molecule has 0 aliphatic carbocycles. The van der Waals surface area contributed by atoms with Crippen LogP contribution < -0.4 is 5.76 Å². The van der Waals surface area contributed by atoms with Crippen LogP contribution in [-0.2, 0) is 5.60 Å². The van der Waals surface area contributed by atoms with E-state index in [0.717, 1.165) is 0 Å². The van der Waals surface area contributed by atoms with E-state index in [1.54, 1.807) is 19.9 Å². The molecular weight excluding hydrogens is 184 g/mol. The Morgan fingerprint density at radius 1 is 1.57 bits per heavy atom. The van der Waals surface area contributed by atoms with Crippen LogP contribution in [0.2, 0.25) is 0 Å². The first kappa shape index (κ1) is 8.96. The van der Waals surface area contributed by atoms with E-state index in [9.17, 15) is 9.90 Å². The lowest BCUT2D eigenvalue weighted by atomic mass is 10.0. The third-order valence-electron chi connectivity index (χ3n) is 1.98. The van der Waals surface area contributed by atoms with Crippen LogP contribution in [0.15, 0.2) is 21.5 Å². The van der Waals surface area contributed by atoms with Crippen LogP contribution in [0.25, 0.3) is 11.2 Å². The largest absolute Gasteiger partial charge is 0.418 e. The Labute approximate surface area is 79.4 Å². The summed E-state index contributed by atoms with van der Waals surface area (Å²) in [6.45, 7) is 3.29. The van der Waals surface area contributed by atoms with Crippen molar-refractivity contribution >= 4 is 11.2 Å². The first-order chi connectivity index (χ1) is 6.47. The van der Waals surface area contributed by atoms with E-state index in [0.29, 0.717) is 11.1 Å². The Balaban J connectivity index is 2.67. The van der Waals surface area contributed by atoms with Gasteiger partial charge in [-0.2, -0.15) is 0 Å². The number of H-pyrrole nitrogens is 1. The van der Waals surface area contributed by atoms with Gasteiger partial charge in [-0.3, -0.25) is 4.98 Å². The fourth-order valence-electron chi connectivity index (χ4n) is 1.18. The number of pyridine rings is 1. The summed E-state index contributed by atoms with van der Waals surface area (Å²) in [6.07, 6.45) is 1.49. The van der Waals surface area contributed by atoms with Gasteiger partial charge in [0.2, 0.25) is 5.71 Å². The van der Waals surface area contributed by atoms with E-state index in [1.165, 1.54) is 6.20 Å². The van der Waals surface area contributed by atoms with Crippen molar-refractivity contribution in [3.63, 3.8) is 0 Å². The SMILES string of the molecule is CC(C)(O)c1cnc2oc(=O)[nH]c2c1. The van der Waals surface area contributed by atoms with E-state index in [-0.39, 0.29) is 5.71 Å². The highest BCUT2D eigenvalue weighted by atomic mass is 16.4. The summed E-state index contributed by atoms with van der Waals surface area (Å²) in [6, 6.07) is 1.65. The first-order valence-electron chi connectivity index (χ1n) is 4.18. The van der Waals surface area contributed by atoms with Gasteiger partial charge in [0.05, 0.1) is 5.60 Å². The van der Waals surface area contributed by atoms with Crippen LogP contribution in [0.5, 0.6) is 0 Å². The van der Waals surface area contributed by atoms with Crippen molar-refractivity contribution in [1.29, 1.82) is 0 Å². The minimum Gasteiger partial charge on any atom is -0.389 e. The van der Waals surface area contributed by atoms with Gasteiger partial charge in [0.1, 0.15) is 5.52 Å². The van der Waals surface area contributed by atoms with Gasteiger partial charge in [0.25, 0.3) is 0 Å². The first-order valence-corrected chi connectivity index (χ1v) is 4.18. The van der Waals surface area contributed by atoms with Crippen LogP contribution in [-0.4, -0.2) is 15.1 Å². The number of nitrogens with one attached hydrogen (secondary N) is 1. The maximum atomic E-state index is 10.8. The second-order valence-corrected chi connectivity index (χ2v) is 3.65. The number of aromatic nitrogens is 2. The Morgan fingerprint density at radius 2 is 2.29 bits per heavy atom. The lowest BCUT2D eigenvalue weighted by molar-refractivity contribution is 0.0784. The molecule has 5 heteroatoms. The molecule has 0 unspecified atom stereocenters. The monoisotopic (exact) mass is 194 g/mol. The number of aliphatic hydroxyl groups is 1. The summed E-state index contributed by atoms with van der Waals surface area (Å²) in [5.41, 5.74) is 0.398. The van der Waals surface area contributed by atoms with Crippen molar-refractivity contribution in [2.45, 2.75) is 19.4 Å². The molecule has 0 fully saturated rings. The fourth-order valence-corrected chi connectivity index (χ4v) is 1.18. The van der Waals surface area contributed by atoms with Gasteiger partial charge >= 0.3 is 5.76 Å². The van der Waals surface area contributed by atoms with Gasteiger partial charge in [0.15, 0.2) is 0 Å². The normalized spacial score (nSPS) is 12.2. The summed E-state index contributed by atoms with van der Waals surface area (Å²) < 4.78 is 4.73. The number of hydrogen-bond acceptors (Lipinski definition) is 4. The molecule has 0 aliphatic heterocycles. The maximum Gasteiger partial charge on any atom is 0.418 e. The van der Waals surface area contributed by atoms with Gasteiger partial charge in [-0.1, -0.05) is 0 Å². The molecule has 0 aliphatic rings. The van der Waals surface area contributed by atoms with Crippen molar-refractivity contribution < 1.29 is 9.52 Å². The second kappa shape index (κ2) is 2.68. The van der Waals surface area contributed by atoms with Crippen molar-refractivity contribution in [2.24, 2.45) is 0 Å². The zero-order valence-electron chi connectivity index (χ0n) is 7.87. The topological polar surface area (TPSA) is 79.1 Å². The standard InChI is InChI=1S/C9H10N2O3/c1-9(2,13)5-3-6-7(10-4-5)14-8(12)11-6/h3-4,13H,1-2H3,(H,11,12). The average Bonchev–Trinajstić information content (AvgIpc) is 2.41. The highest BCUT2D eigenvalue weighted by molar-refractivity contribution is 5.68. The lowest BCUT2D eigenvalue weighted by Crippen LogP contribution is -2.15. The fraction of sp³-hybridized carbons (Fsp3) is 0.333. The predicted octanol–water partition coefficient (Wildman–Crippen LogP) is 0.743. The van der Waals surface area contributed by atoms with E-state index in [1.807, 2.05) is 0 Å². The van der Waals surface area contributed by atoms with E-state index in [2.05, 4.69) is 9.97 Å². The number of fused-ring (bicyclic) bond motifs is 1. The average molecular weight is 194 g/mol. The number of rotatable bonds is 1. The molecule has 2 rings (SSSR count). The zero-order chi connectivity index (χ0) is 10.3. The molecule has 74 valence electrons. The molecule has 2 N–H and O–H groups in total. The Bertz CT molecular complexity index is 519. The summed E-state index contributed by atoms with van der Waals surface area (Å²) in [5, 5.41) is 9.69. The van der Waals surface area contributed by atoms with E-state index >= 15 is 0 Å². The van der Waals surface area contributed by atoms with Crippen molar-refractivity contribution in [3.05, 3.63) is 28.4 Å². The number of oxazole rings is 1. The highest BCUT2D eigenvalue weighted by Gasteiger charge is 2.17. The number of aromatic amines is 1. The Morgan fingerprint density at radius 3 is 2.93 bits per heavy atom. The van der Waals surface area contributed by atoms with E-state index in [4.69, 9.17) is 4.42 Å². The highest BCUT2D eigenvalue weighted by Crippen LogP contribution is 2.20. The van der Waals surface area contributed by atoms with E-state index < -0.39 is 11.4 Å². The van der Waals surface area contributed by atoms with Crippen LogP contribution >= 0.6 is 0 Å². The predicted molar refractivity (Wildman–Crippen MR) is 49.9 cm³/mol. The van der Waals surface area contributed by atoms with Crippen LogP contribution in [0, 0.1) is 0 Å². The molecule has 0 spiro atoms. The summed E-state index contributed by atoms with van der Waals surface area (Å²) in [7, 11) is 0. The van der Waals surface area contributed by atoms with Crippen LogP contribution in [0.4, 0.5) is 0 Å². The van der Waals surface area contributed by atoms with Crippen LogP contribution in [0.1, 0.15) is 19.4 Å². The third-order valence-corrected chi connectivity index (χ3v) is 1.98.